The highest BCUT2D eigenvalue weighted by molar-refractivity contribution is 7.54. The lowest BCUT2D eigenvalue weighted by molar-refractivity contribution is -0.106. The molecular formula is C15H22NO7P. The van der Waals surface area contributed by atoms with Crippen LogP contribution in [0, 0.1) is 0 Å². The van der Waals surface area contributed by atoms with Crippen molar-refractivity contribution in [3.05, 3.63) is 24.3 Å². The van der Waals surface area contributed by atoms with Crippen LogP contribution in [0.5, 0.6) is 11.5 Å². The summed E-state index contributed by atoms with van der Waals surface area (Å²) in [5.74, 6) is 0.520. The van der Waals surface area contributed by atoms with E-state index in [0.717, 1.165) is 12.8 Å². The molecule has 0 saturated carbocycles. The fraction of sp³-hybridized carbons (Fsp3) is 0.467. The van der Waals surface area contributed by atoms with Crippen LogP contribution in [-0.4, -0.2) is 43.2 Å². The molecule has 134 valence electrons. The van der Waals surface area contributed by atoms with Gasteiger partial charge in [0, 0.05) is 6.07 Å². The largest absolute Gasteiger partial charge is 0.492 e. The van der Waals surface area contributed by atoms with E-state index in [0.29, 0.717) is 18.6 Å². The summed E-state index contributed by atoms with van der Waals surface area (Å²) in [6, 6.07) is 6.11. The molecule has 1 aromatic carbocycles. The van der Waals surface area contributed by atoms with Crippen LogP contribution < -0.4 is 14.6 Å². The Morgan fingerprint density at radius 2 is 2.08 bits per heavy atom. The fourth-order valence-electron chi connectivity index (χ4n) is 1.60. The van der Waals surface area contributed by atoms with Crippen LogP contribution in [0.3, 0.4) is 0 Å². The Labute approximate surface area is 140 Å². The molecule has 0 heterocycles. The predicted molar refractivity (Wildman–Crippen MR) is 87.6 cm³/mol. The van der Waals surface area contributed by atoms with Crippen LogP contribution in [0.4, 0.5) is 4.79 Å². The van der Waals surface area contributed by atoms with Gasteiger partial charge in [0.15, 0.2) is 0 Å². The number of rotatable bonds is 11. The van der Waals surface area contributed by atoms with Crippen LogP contribution >= 0.6 is 7.60 Å². The third kappa shape index (κ3) is 8.55. The summed E-state index contributed by atoms with van der Waals surface area (Å²) >= 11 is 0. The van der Waals surface area contributed by atoms with Gasteiger partial charge in [-0.2, -0.15) is 0 Å². The molecule has 0 aliphatic carbocycles. The number of carbonyl (C=O) groups excluding carboxylic acids is 2. The normalized spacial score (nSPS) is 12.8. The van der Waals surface area contributed by atoms with Crippen molar-refractivity contribution in [3.8, 4) is 11.5 Å². The number of unbranched alkanes of at least 4 members (excludes halogenated alkanes) is 1. The Hall–Kier alpha value is -2.05. The molecule has 1 atom stereocenters. The van der Waals surface area contributed by atoms with Crippen molar-refractivity contribution < 1.29 is 33.0 Å². The molecule has 24 heavy (non-hydrogen) atoms. The van der Waals surface area contributed by atoms with Crippen LogP contribution in [-0.2, 0) is 14.1 Å². The number of hydrogen-bond acceptors (Lipinski definition) is 6. The van der Waals surface area contributed by atoms with Gasteiger partial charge in [0.2, 0.25) is 0 Å². The lowest BCUT2D eigenvalue weighted by atomic mass is 10.3. The van der Waals surface area contributed by atoms with E-state index in [9.17, 15) is 19.0 Å². The van der Waals surface area contributed by atoms with Gasteiger partial charge in [0.1, 0.15) is 30.6 Å². The molecule has 0 aromatic heterocycles. The van der Waals surface area contributed by atoms with E-state index in [1.165, 1.54) is 12.1 Å². The van der Waals surface area contributed by atoms with Crippen molar-refractivity contribution in [2.75, 3.05) is 25.9 Å². The van der Waals surface area contributed by atoms with Gasteiger partial charge < -0.3 is 29.0 Å². The minimum Gasteiger partial charge on any atom is -0.492 e. The summed E-state index contributed by atoms with van der Waals surface area (Å²) in [5.41, 5.74) is 0. The standard InChI is InChI=1S/C15H22NO7P/c1-2-3-9-22-15(18)16-7-10-21-13-5-4-6-14(12-13)23-24(19,20)11-8-17/h4-6,8,12H,2-3,7,9-11H2,1H3,(H,16,18)(H,19,20). The van der Waals surface area contributed by atoms with Crippen molar-refractivity contribution in [2.24, 2.45) is 0 Å². The molecule has 9 heteroatoms. The molecule has 1 aromatic rings. The Balaban J connectivity index is 2.36. The van der Waals surface area contributed by atoms with Crippen molar-refractivity contribution >= 4 is 20.0 Å². The van der Waals surface area contributed by atoms with Gasteiger partial charge in [-0.15, -0.1) is 0 Å². The molecule has 0 saturated heterocycles. The molecule has 1 amide bonds. The maximum absolute atomic E-state index is 11.5. The SMILES string of the molecule is CCCCOC(=O)NCCOc1cccc(OP(=O)(O)CC=O)c1. The van der Waals surface area contributed by atoms with Gasteiger partial charge in [0.25, 0.3) is 0 Å². The first kappa shape index (κ1) is 20.0. The number of alkyl carbamates (subject to hydrolysis) is 1. The van der Waals surface area contributed by atoms with E-state index in [4.69, 9.17) is 14.0 Å². The van der Waals surface area contributed by atoms with Gasteiger partial charge in [0.05, 0.1) is 13.2 Å². The summed E-state index contributed by atoms with van der Waals surface area (Å²) in [6.07, 6.45) is 1.01. The minimum atomic E-state index is -3.99. The van der Waals surface area contributed by atoms with Gasteiger partial charge >= 0.3 is 13.7 Å². The average Bonchev–Trinajstić information content (AvgIpc) is 2.51. The van der Waals surface area contributed by atoms with E-state index in [2.05, 4.69) is 5.32 Å². The molecule has 2 N–H and O–H groups in total. The van der Waals surface area contributed by atoms with Crippen LogP contribution in [0.25, 0.3) is 0 Å². The zero-order valence-corrected chi connectivity index (χ0v) is 14.4. The molecule has 8 nitrogen and oxygen atoms in total. The maximum atomic E-state index is 11.5. The Kier molecular flexibility index (Phi) is 8.89. The molecule has 1 unspecified atom stereocenters. The number of aldehydes is 1. The predicted octanol–water partition coefficient (Wildman–Crippen LogP) is 2.35. The molecular weight excluding hydrogens is 337 g/mol. The van der Waals surface area contributed by atoms with E-state index < -0.39 is 19.9 Å². The van der Waals surface area contributed by atoms with Crippen molar-refractivity contribution in [2.45, 2.75) is 19.8 Å². The Morgan fingerprint density at radius 3 is 2.79 bits per heavy atom. The molecule has 0 aliphatic heterocycles. The second-order valence-electron chi connectivity index (χ2n) is 4.82. The summed E-state index contributed by atoms with van der Waals surface area (Å²) in [7, 11) is -3.99. The first-order chi connectivity index (χ1) is 11.5. The number of amides is 1. The fourth-order valence-corrected chi connectivity index (χ4v) is 2.31. The third-order valence-electron chi connectivity index (χ3n) is 2.73. The van der Waals surface area contributed by atoms with E-state index in [1.807, 2.05) is 6.92 Å². The number of hydrogen-bond donors (Lipinski definition) is 2. The van der Waals surface area contributed by atoms with Gasteiger partial charge in [-0.1, -0.05) is 19.4 Å². The second kappa shape index (κ2) is 10.7. The number of carbonyl (C=O) groups is 2. The second-order valence-corrected chi connectivity index (χ2v) is 6.64. The number of ether oxygens (including phenoxy) is 2. The van der Waals surface area contributed by atoms with Crippen molar-refractivity contribution in [1.82, 2.24) is 5.32 Å². The number of nitrogens with one attached hydrogen (secondary N) is 1. The summed E-state index contributed by atoms with van der Waals surface area (Å²) in [4.78, 5) is 31.0. The third-order valence-corrected chi connectivity index (χ3v) is 3.84. The van der Waals surface area contributed by atoms with Gasteiger partial charge in [-0.3, -0.25) is 0 Å². The first-order valence-electron chi connectivity index (χ1n) is 7.55. The minimum absolute atomic E-state index is 0.118. The average molecular weight is 359 g/mol. The Morgan fingerprint density at radius 1 is 1.33 bits per heavy atom. The molecule has 0 radical (unpaired) electrons. The maximum Gasteiger partial charge on any atom is 0.407 e. The summed E-state index contributed by atoms with van der Waals surface area (Å²) in [5, 5.41) is 2.54. The quantitative estimate of drug-likeness (QED) is 0.354. The lowest BCUT2D eigenvalue weighted by Gasteiger charge is -2.12. The van der Waals surface area contributed by atoms with Crippen LogP contribution in [0.2, 0.25) is 0 Å². The molecule has 0 aliphatic rings. The zero-order valence-electron chi connectivity index (χ0n) is 13.5. The van der Waals surface area contributed by atoms with Gasteiger partial charge in [-0.05, 0) is 18.6 Å². The monoisotopic (exact) mass is 359 g/mol. The highest BCUT2D eigenvalue weighted by atomic mass is 31.2. The number of benzene rings is 1. The van der Waals surface area contributed by atoms with E-state index in [1.54, 1.807) is 12.1 Å². The molecule has 1 rings (SSSR count). The highest BCUT2D eigenvalue weighted by Gasteiger charge is 2.20. The summed E-state index contributed by atoms with van der Waals surface area (Å²) < 4.78 is 26.8. The first-order valence-corrected chi connectivity index (χ1v) is 9.31. The van der Waals surface area contributed by atoms with Gasteiger partial charge in [-0.25, -0.2) is 9.36 Å². The van der Waals surface area contributed by atoms with Crippen LogP contribution in [0.1, 0.15) is 19.8 Å². The highest BCUT2D eigenvalue weighted by Crippen LogP contribution is 2.42. The lowest BCUT2D eigenvalue weighted by Crippen LogP contribution is -2.29. The Bertz CT molecular complexity index is 579. The van der Waals surface area contributed by atoms with E-state index in [-0.39, 0.29) is 18.9 Å². The molecule has 0 bridgehead atoms. The van der Waals surface area contributed by atoms with E-state index >= 15 is 0 Å². The van der Waals surface area contributed by atoms with Crippen molar-refractivity contribution in [3.63, 3.8) is 0 Å². The van der Waals surface area contributed by atoms with Crippen LogP contribution in [0.15, 0.2) is 24.3 Å². The molecule has 0 fully saturated rings. The summed E-state index contributed by atoms with van der Waals surface area (Å²) in [6.45, 7) is 2.82. The topological polar surface area (TPSA) is 111 Å². The zero-order chi connectivity index (χ0) is 17.8. The smallest absolute Gasteiger partial charge is 0.407 e. The van der Waals surface area contributed by atoms with Crippen molar-refractivity contribution in [1.29, 1.82) is 0 Å². The molecule has 0 spiro atoms.